The quantitative estimate of drug-likeness (QED) is 0.831. The standard InChI is InChI=1S/C13H24N4S/c1-7-10-16-11(14-5)9(2)12(17-10)15-8-13(3,4)18-6/h7-8H2,1-6H3,(H2,14,15,16,17). The molecule has 0 radical (unpaired) electrons. The van der Waals surface area contributed by atoms with Crippen molar-refractivity contribution in [3.8, 4) is 0 Å². The fourth-order valence-corrected chi connectivity index (χ4v) is 1.72. The average molecular weight is 268 g/mol. The fourth-order valence-electron chi connectivity index (χ4n) is 1.51. The third kappa shape index (κ3) is 3.77. The van der Waals surface area contributed by atoms with Crippen molar-refractivity contribution in [3.63, 3.8) is 0 Å². The van der Waals surface area contributed by atoms with E-state index in [-0.39, 0.29) is 4.75 Å². The maximum Gasteiger partial charge on any atom is 0.134 e. The van der Waals surface area contributed by atoms with Crippen LogP contribution in [0, 0.1) is 6.92 Å². The molecule has 1 aromatic heterocycles. The van der Waals surface area contributed by atoms with E-state index >= 15 is 0 Å². The minimum absolute atomic E-state index is 0.198. The van der Waals surface area contributed by atoms with Crippen LogP contribution in [-0.2, 0) is 6.42 Å². The van der Waals surface area contributed by atoms with E-state index in [0.29, 0.717) is 0 Å². The van der Waals surface area contributed by atoms with Crippen LogP contribution in [0.1, 0.15) is 32.2 Å². The van der Waals surface area contributed by atoms with Crippen LogP contribution in [0.15, 0.2) is 0 Å². The van der Waals surface area contributed by atoms with Gasteiger partial charge in [-0.1, -0.05) is 6.92 Å². The molecule has 102 valence electrons. The van der Waals surface area contributed by atoms with Gasteiger partial charge in [0.15, 0.2) is 0 Å². The predicted octanol–water partition coefficient (Wildman–Crippen LogP) is 2.94. The molecule has 1 aromatic rings. The summed E-state index contributed by atoms with van der Waals surface area (Å²) in [6.45, 7) is 9.44. The first kappa shape index (κ1) is 15.1. The topological polar surface area (TPSA) is 49.8 Å². The van der Waals surface area contributed by atoms with Gasteiger partial charge in [-0.25, -0.2) is 9.97 Å². The minimum Gasteiger partial charge on any atom is -0.373 e. The average Bonchev–Trinajstić information content (AvgIpc) is 2.37. The molecule has 0 aliphatic carbocycles. The number of aromatic nitrogens is 2. The van der Waals surface area contributed by atoms with E-state index in [0.717, 1.165) is 36.0 Å². The van der Waals surface area contributed by atoms with Crippen LogP contribution in [0.2, 0.25) is 0 Å². The number of aryl methyl sites for hydroxylation is 1. The molecular weight excluding hydrogens is 244 g/mol. The molecule has 5 heteroatoms. The van der Waals surface area contributed by atoms with Crippen LogP contribution in [0.4, 0.5) is 11.6 Å². The van der Waals surface area contributed by atoms with Gasteiger partial charge in [-0.05, 0) is 27.0 Å². The number of anilines is 2. The van der Waals surface area contributed by atoms with Crippen molar-refractivity contribution in [2.45, 2.75) is 38.9 Å². The van der Waals surface area contributed by atoms with Crippen molar-refractivity contribution in [1.82, 2.24) is 9.97 Å². The van der Waals surface area contributed by atoms with Crippen LogP contribution < -0.4 is 10.6 Å². The van der Waals surface area contributed by atoms with Gasteiger partial charge in [0.2, 0.25) is 0 Å². The number of rotatable bonds is 6. The monoisotopic (exact) mass is 268 g/mol. The highest BCUT2D eigenvalue weighted by Gasteiger charge is 2.17. The van der Waals surface area contributed by atoms with Crippen LogP contribution in [0.3, 0.4) is 0 Å². The fraction of sp³-hybridized carbons (Fsp3) is 0.692. The summed E-state index contributed by atoms with van der Waals surface area (Å²) in [5, 5.41) is 6.57. The molecule has 4 nitrogen and oxygen atoms in total. The van der Waals surface area contributed by atoms with Crippen molar-refractivity contribution >= 4 is 23.4 Å². The first-order chi connectivity index (χ1) is 8.43. The Balaban J connectivity index is 2.94. The van der Waals surface area contributed by atoms with E-state index in [2.05, 4.69) is 47.6 Å². The van der Waals surface area contributed by atoms with Crippen LogP contribution in [0.5, 0.6) is 0 Å². The van der Waals surface area contributed by atoms with Gasteiger partial charge in [0, 0.05) is 30.3 Å². The number of nitrogens with zero attached hydrogens (tertiary/aromatic N) is 2. The second-order valence-corrected chi connectivity index (χ2v) is 6.40. The Hall–Kier alpha value is -0.970. The molecule has 0 atom stereocenters. The molecule has 0 unspecified atom stereocenters. The van der Waals surface area contributed by atoms with Crippen molar-refractivity contribution in [3.05, 3.63) is 11.4 Å². The van der Waals surface area contributed by atoms with Crippen LogP contribution in [-0.4, -0.2) is 34.6 Å². The molecule has 0 aliphatic heterocycles. The van der Waals surface area contributed by atoms with E-state index in [1.54, 1.807) is 0 Å². The van der Waals surface area contributed by atoms with Gasteiger partial charge in [0.1, 0.15) is 17.5 Å². The van der Waals surface area contributed by atoms with Crippen molar-refractivity contribution in [2.24, 2.45) is 0 Å². The highest BCUT2D eigenvalue weighted by molar-refractivity contribution is 7.99. The zero-order chi connectivity index (χ0) is 13.8. The number of nitrogens with one attached hydrogen (secondary N) is 2. The first-order valence-corrected chi connectivity index (χ1v) is 7.50. The molecule has 0 saturated carbocycles. The van der Waals surface area contributed by atoms with Gasteiger partial charge in [-0.3, -0.25) is 0 Å². The summed E-state index contributed by atoms with van der Waals surface area (Å²) < 4.78 is 0.198. The third-order valence-corrected chi connectivity index (χ3v) is 4.23. The van der Waals surface area contributed by atoms with Crippen molar-refractivity contribution in [1.29, 1.82) is 0 Å². The second-order valence-electron chi connectivity index (χ2n) is 4.88. The van der Waals surface area contributed by atoms with E-state index in [9.17, 15) is 0 Å². The summed E-state index contributed by atoms with van der Waals surface area (Å²) in [7, 11) is 1.89. The summed E-state index contributed by atoms with van der Waals surface area (Å²) in [6, 6.07) is 0. The Morgan fingerprint density at radius 2 is 1.83 bits per heavy atom. The molecule has 0 amide bonds. The molecule has 1 rings (SSSR count). The maximum atomic E-state index is 4.57. The first-order valence-electron chi connectivity index (χ1n) is 6.27. The molecule has 0 bridgehead atoms. The summed E-state index contributed by atoms with van der Waals surface area (Å²) >= 11 is 1.85. The molecule has 0 spiro atoms. The van der Waals surface area contributed by atoms with Gasteiger partial charge in [0.25, 0.3) is 0 Å². The second kappa shape index (κ2) is 6.27. The SMILES string of the molecule is CCc1nc(NC)c(C)c(NCC(C)(C)SC)n1. The lowest BCUT2D eigenvalue weighted by atomic mass is 10.2. The van der Waals surface area contributed by atoms with Crippen LogP contribution >= 0.6 is 11.8 Å². The largest absolute Gasteiger partial charge is 0.373 e. The lowest BCUT2D eigenvalue weighted by Crippen LogP contribution is -2.27. The number of thioether (sulfide) groups is 1. The molecule has 1 heterocycles. The van der Waals surface area contributed by atoms with Crippen LogP contribution in [0.25, 0.3) is 0 Å². The maximum absolute atomic E-state index is 4.57. The van der Waals surface area contributed by atoms with Crippen molar-refractivity contribution in [2.75, 3.05) is 30.5 Å². The summed E-state index contributed by atoms with van der Waals surface area (Å²) in [5.41, 5.74) is 1.08. The molecule has 0 fully saturated rings. The Morgan fingerprint density at radius 1 is 1.22 bits per heavy atom. The van der Waals surface area contributed by atoms with Gasteiger partial charge >= 0.3 is 0 Å². The lowest BCUT2D eigenvalue weighted by Gasteiger charge is -2.23. The Labute approximate surface area is 114 Å². The van der Waals surface area contributed by atoms with E-state index in [1.165, 1.54) is 0 Å². The Bertz CT molecular complexity index is 404. The van der Waals surface area contributed by atoms with E-state index in [1.807, 2.05) is 25.7 Å². The molecule has 0 saturated heterocycles. The summed E-state index contributed by atoms with van der Waals surface area (Å²) in [6.07, 6.45) is 2.97. The minimum atomic E-state index is 0.198. The molecular formula is C13H24N4S. The van der Waals surface area contributed by atoms with Gasteiger partial charge < -0.3 is 10.6 Å². The highest BCUT2D eigenvalue weighted by atomic mass is 32.2. The Kier molecular flexibility index (Phi) is 5.26. The summed E-state index contributed by atoms with van der Waals surface area (Å²) in [5.74, 6) is 2.72. The molecule has 0 aliphatic rings. The normalized spacial score (nSPS) is 11.4. The molecule has 0 aromatic carbocycles. The predicted molar refractivity (Wildman–Crippen MR) is 81.8 cm³/mol. The smallest absolute Gasteiger partial charge is 0.134 e. The highest BCUT2D eigenvalue weighted by Crippen LogP contribution is 2.24. The zero-order valence-electron chi connectivity index (χ0n) is 12.2. The van der Waals surface area contributed by atoms with E-state index < -0.39 is 0 Å². The lowest BCUT2D eigenvalue weighted by molar-refractivity contribution is 0.747. The van der Waals surface area contributed by atoms with Gasteiger partial charge in [-0.2, -0.15) is 11.8 Å². The van der Waals surface area contributed by atoms with Crippen molar-refractivity contribution < 1.29 is 0 Å². The van der Waals surface area contributed by atoms with Gasteiger partial charge in [0.05, 0.1) is 0 Å². The number of hydrogen-bond donors (Lipinski definition) is 2. The number of hydrogen-bond acceptors (Lipinski definition) is 5. The van der Waals surface area contributed by atoms with E-state index in [4.69, 9.17) is 0 Å². The molecule has 18 heavy (non-hydrogen) atoms. The Morgan fingerprint density at radius 3 is 2.33 bits per heavy atom. The van der Waals surface area contributed by atoms with Gasteiger partial charge in [-0.15, -0.1) is 0 Å². The third-order valence-electron chi connectivity index (χ3n) is 2.98. The summed E-state index contributed by atoms with van der Waals surface area (Å²) in [4.78, 5) is 9.03. The zero-order valence-corrected chi connectivity index (χ0v) is 13.0. The molecule has 2 N–H and O–H groups in total.